The molecule has 0 radical (unpaired) electrons. The van der Waals surface area contributed by atoms with Crippen LogP contribution < -0.4 is 0 Å². The van der Waals surface area contributed by atoms with E-state index in [1.807, 2.05) is 36.1 Å². The Balaban J connectivity index is 1.73. The van der Waals surface area contributed by atoms with Crippen molar-refractivity contribution in [1.29, 1.82) is 0 Å². The molecule has 6 atom stereocenters. The fraction of sp³-hybridized carbons (Fsp3) is 0.720. The molecule has 0 aliphatic carbocycles. The van der Waals surface area contributed by atoms with Crippen molar-refractivity contribution in [2.45, 2.75) is 76.2 Å². The number of hydrogen-bond acceptors (Lipinski definition) is 6. The molecular formula is C25H36N2O6. The van der Waals surface area contributed by atoms with Gasteiger partial charge in [-0.1, -0.05) is 37.6 Å². The molecule has 4 aliphatic heterocycles. The molecule has 33 heavy (non-hydrogen) atoms. The number of nitrogens with zero attached hydrogens (tertiary/aromatic N) is 2. The summed E-state index contributed by atoms with van der Waals surface area (Å²) in [4.78, 5) is 44.3. The lowest BCUT2D eigenvalue weighted by Gasteiger charge is -2.37. The minimum absolute atomic E-state index is 0.0348. The average molecular weight is 461 g/mol. The van der Waals surface area contributed by atoms with Crippen molar-refractivity contribution in [1.82, 2.24) is 9.80 Å². The highest BCUT2D eigenvalue weighted by Crippen LogP contribution is 2.53. The van der Waals surface area contributed by atoms with Crippen molar-refractivity contribution in [2.75, 3.05) is 26.3 Å². The Hall–Kier alpha value is -2.19. The van der Waals surface area contributed by atoms with Crippen LogP contribution in [0.4, 0.5) is 0 Å². The zero-order valence-corrected chi connectivity index (χ0v) is 19.7. The highest BCUT2D eigenvalue weighted by Gasteiger charge is 2.71. The van der Waals surface area contributed by atoms with Gasteiger partial charge in [0.2, 0.25) is 11.8 Å². The molecule has 8 nitrogen and oxygen atoms in total. The fourth-order valence-electron chi connectivity index (χ4n) is 5.91. The molecule has 2 unspecified atom stereocenters. The molecule has 2 amide bonds. The Morgan fingerprint density at radius 3 is 2.76 bits per heavy atom. The molecule has 0 aromatic heterocycles. The van der Waals surface area contributed by atoms with Crippen LogP contribution in [0.2, 0.25) is 0 Å². The summed E-state index contributed by atoms with van der Waals surface area (Å²) in [5.74, 6) is -2.32. The normalized spacial score (nSPS) is 34.3. The molecule has 0 aromatic carbocycles. The monoisotopic (exact) mass is 460 g/mol. The van der Waals surface area contributed by atoms with Crippen molar-refractivity contribution in [3.63, 3.8) is 0 Å². The Kier molecular flexibility index (Phi) is 7.24. The van der Waals surface area contributed by atoms with Gasteiger partial charge in [0.15, 0.2) is 0 Å². The zero-order valence-electron chi connectivity index (χ0n) is 19.7. The summed E-state index contributed by atoms with van der Waals surface area (Å²) in [6.45, 7) is 5.35. The Bertz CT molecular complexity index is 826. The van der Waals surface area contributed by atoms with Crippen LogP contribution in [-0.4, -0.2) is 82.8 Å². The van der Waals surface area contributed by atoms with E-state index in [2.05, 4.69) is 6.92 Å². The lowest BCUT2D eigenvalue weighted by molar-refractivity contribution is -0.155. The van der Waals surface area contributed by atoms with Crippen LogP contribution >= 0.6 is 0 Å². The summed E-state index contributed by atoms with van der Waals surface area (Å²) in [6, 6.07) is -0.774. The molecule has 4 rings (SSSR count). The van der Waals surface area contributed by atoms with Crippen molar-refractivity contribution in [3.05, 3.63) is 24.3 Å². The standard InChI is InChI=1S/C25H36N2O6/c1-3-10-17(2)26-14-9-12-25-20(19-18(33-25)11-5-8-16-32-24(19)31)22(29)27(21(25)23(26)30)13-6-4-7-15-28/h5,9,11-12,17-21,28H,3-4,6-8,10,13-16H2,1-2H3/t17?,18-,19+,20+,21?,25+/m1/s1. The third-order valence-electron chi connectivity index (χ3n) is 7.45. The van der Waals surface area contributed by atoms with E-state index in [1.54, 1.807) is 4.90 Å². The van der Waals surface area contributed by atoms with E-state index in [0.29, 0.717) is 32.4 Å². The van der Waals surface area contributed by atoms with Crippen LogP contribution in [0.15, 0.2) is 24.3 Å². The van der Waals surface area contributed by atoms with E-state index in [1.165, 1.54) is 0 Å². The maximum atomic E-state index is 14.0. The highest BCUT2D eigenvalue weighted by molar-refractivity contribution is 5.99. The average Bonchev–Trinajstić information content (AvgIpc) is 3.15. The van der Waals surface area contributed by atoms with Crippen molar-refractivity contribution in [2.24, 2.45) is 11.8 Å². The molecule has 2 fully saturated rings. The first-order chi connectivity index (χ1) is 16.0. The summed E-state index contributed by atoms with van der Waals surface area (Å²) in [5, 5.41) is 9.13. The van der Waals surface area contributed by atoms with Crippen molar-refractivity contribution in [3.8, 4) is 0 Å². The number of aliphatic hydroxyl groups is 1. The number of rotatable bonds is 8. The molecule has 2 saturated heterocycles. The van der Waals surface area contributed by atoms with Gasteiger partial charge in [0, 0.05) is 25.7 Å². The predicted octanol–water partition coefficient (Wildman–Crippen LogP) is 1.82. The van der Waals surface area contributed by atoms with Gasteiger partial charge in [-0.05, 0) is 39.0 Å². The number of unbranched alkanes of at least 4 members (excludes halogenated alkanes) is 2. The SMILES string of the molecule is CCCC(C)N1CC=C[C@]23O[C@@H]4C=CCCOC(=O)[C@@H]4[C@H]2C(=O)N(CCCCCO)C3C1=O. The summed E-state index contributed by atoms with van der Waals surface area (Å²) >= 11 is 0. The second kappa shape index (κ2) is 9.97. The number of likely N-dealkylation sites (tertiary alicyclic amines) is 1. The van der Waals surface area contributed by atoms with E-state index in [0.717, 1.165) is 19.3 Å². The molecule has 0 aromatic rings. The van der Waals surface area contributed by atoms with Gasteiger partial charge in [-0.3, -0.25) is 14.4 Å². The second-order valence-electron chi connectivity index (χ2n) is 9.57. The number of amides is 2. The van der Waals surface area contributed by atoms with E-state index in [-0.39, 0.29) is 31.1 Å². The second-order valence-corrected chi connectivity index (χ2v) is 9.57. The molecule has 182 valence electrons. The first kappa shape index (κ1) is 24.0. The number of cyclic esters (lactones) is 1. The highest BCUT2D eigenvalue weighted by atomic mass is 16.6. The molecule has 1 N–H and O–H groups in total. The van der Waals surface area contributed by atoms with E-state index >= 15 is 0 Å². The molecular weight excluding hydrogens is 424 g/mol. The van der Waals surface area contributed by atoms with Gasteiger partial charge < -0.3 is 24.4 Å². The minimum Gasteiger partial charge on any atom is -0.465 e. The maximum absolute atomic E-state index is 14.0. The Morgan fingerprint density at radius 2 is 2.00 bits per heavy atom. The lowest BCUT2D eigenvalue weighted by atomic mass is 9.77. The number of ether oxygens (including phenoxy) is 2. The largest absolute Gasteiger partial charge is 0.465 e. The van der Waals surface area contributed by atoms with Gasteiger partial charge in [-0.25, -0.2) is 0 Å². The van der Waals surface area contributed by atoms with Gasteiger partial charge in [-0.15, -0.1) is 0 Å². The van der Waals surface area contributed by atoms with E-state index in [9.17, 15) is 14.4 Å². The smallest absolute Gasteiger partial charge is 0.312 e. The molecule has 4 aliphatic rings. The third kappa shape index (κ3) is 4.12. The fourth-order valence-corrected chi connectivity index (χ4v) is 5.91. The van der Waals surface area contributed by atoms with Crippen LogP contribution in [-0.2, 0) is 23.9 Å². The van der Waals surface area contributed by atoms with Crippen LogP contribution in [0.1, 0.15) is 52.4 Å². The molecule has 4 heterocycles. The number of fused-ring (bicyclic) bond motifs is 2. The number of hydrogen-bond donors (Lipinski definition) is 1. The molecule has 8 heteroatoms. The number of carbonyl (C=O) groups excluding carboxylic acids is 3. The van der Waals surface area contributed by atoms with E-state index < -0.39 is 35.6 Å². The maximum Gasteiger partial charge on any atom is 0.312 e. The molecule has 0 bridgehead atoms. The first-order valence-corrected chi connectivity index (χ1v) is 12.4. The minimum atomic E-state index is -1.19. The van der Waals surface area contributed by atoms with E-state index in [4.69, 9.17) is 14.6 Å². The van der Waals surface area contributed by atoms with Crippen LogP contribution in [0.5, 0.6) is 0 Å². The van der Waals surface area contributed by atoms with Gasteiger partial charge >= 0.3 is 5.97 Å². The Morgan fingerprint density at radius 1 is 1.18 bits per heavy atom. The Labute approximate surface area is 195 Å². The van der Waals surface area contributed by atoms with Crippen molar-refractivity contribution >= 4 is 17.8 Å². The summed E-state index contributed by atoms with van der Waals surface area (Å²) < 4.78 is 12.0. The summed E-state index contributed by atoms with van der Waals surface area (Å²) in [6.07, 6.45) is 11.5. The van der Waals surface area contributed by atoms with Crippen LogP contribution in [0.3, 0.4) is 0 Å². The number of aliphatic hydroxyl groups excluding tert-OH is 1. The first-order valence-electron chi connectivity index (χ1n) is 12.4. The van der Waals surface area contributed by atoms with Gasteiger partial charge in [0.1, 0.15) is 17.6 Å². The van der Waals surface area contributed by atoms with Crippen LogP contribution in [0.25, 0.3) is 0 Å². The topological polar surface area (TPSA) is 96.4 Å². The molecule has 0 saturated carbocycles. The third-order valence-corrected chi connectivity index (χ3v) is 7.45. The van der Waals surface area contributed by atoms with Crippen molar-refractivity contribution < 1.29 is 29.0 Å². The van der Waals surface area contributed by atoms with Gasteiger partial charge in [0.25, 0.3) is 0 Å². The van der Waals surface area contributed by atoms with Crippen LogP contribution in [0, 0.1) is 11.8 Å². The predicted molar refractivity (Wildman–Crippen MR) is 121 cm³/mol. The number of carbonyl (C=O) groups is 3. The quantitative estimate of drug-likeness (QED) is 0.337. The summed E-state index contributed by atoms with van der Waals surface area (Å²) in [5.41, 5.74) is -1.19. The summed E-state index contributed by atoms with van der Waals surface area (Å²) in [7, 11) is 0. The molecule has 1 spiro atoms. The lowest BCUT2D eigenvalue weighted by Crippen LogP contribution is -2.56. The number of esters is 1. The van der Waals surface area contributed by atoms with Gasteiger partial charge in [0.05, 0.1) is 18.6 Å². The zero-order chi connectivity index (χ0) is 23.6. The van der Waals surface area contributed by atoms with Gasteiger partial charge in [-0.2, -0.15) is 0 Å².